The van der Waals surface area contributed by atoms with Gasteiger partial charge in [-0.15, -0.1) is 0 Å². The average Bonchev–Trinajstić information content (AvgIpc) is 3.23. The fourth-order valence-corrected chi connectivity index (χ4v) is 2.81. The van der Waals surface area contributed by atoms with Gasteiger partial charge in [0.2, 0.25) is 0 Å². The molecular formula is C15H22BrNO2. The molecule has 2 atom stereocenters. The van der Waals surface area contributed by atoms with Crippen LogP contribution in [0, 0.1) is 11.8 Å². The van der Waals surface area contributed by atoms with Crippen LogP contribution in [-0.4, -0.2) is 20.3 Å². The smallest absolute Gasteiger partial charge is 0.133 e. The predicted octanol–water partition coefficient (Wildman–Crippen LogP) is 3.52. The lowest BCUT2D eigenvalue weighted by Crippen LogP contribution is -2.20. The van der Waals surface area contributed by atoms with Crippen LogP contribution in [-0.2, 0) is 4.74 Å². The second kappa shape index (κ2) is 6.73. The maximum absolute atomic E-state index is 6.34. The van der Waals surface area contributed by atoms with Crippen molar-refractivity contribution >= 4 is 15.9 Å². The minimum atomic E-state index is 0.108. The lowest BCUT2D eigenvalue weighted by Gasteiger charge is -2.20. The number of benzene rings is 1. The largest absolute Gasteiger partial charge is 0.490 e. The second-order valence-electron chi connectivity index (χ2n) is 5.25. The summed E-state index contributed by atoms with van der Waals surface area (Å²) in [6, 6.07) is 6.23. The Bertz CT molecular complexity index is 421. The van der Waals surface area contributed by atoms with Gasteiger partial charge in [0.05, 0.1) is 11.1 Å². The molecule has 19 heavy (non-hydrogen) atoms. The topological polar surface area (TPSA) is 44.5 Å². The second-order valence-corrected chi connectivity index (χ2v) is 6.11. The zero-order valence-electron chi connectivity index (χ0n) is 11.6. The molecule has 106 valence electrons. The van der Waals surface area contributed by atoms with Crippen molar-refractivity contribution < 1.29 is 9.47 Å². The van der Waals surface area contributed by atoms with Gasteiger partial charge in [0, 0.05) is 13.2 Å². The SMILES string of the molecule is COCCOc1ccc(C(N)C(C)C2CC2)cc1Br. The van der Waals surface area contributed by atoms with Crippen LogP contribution in [0.1, 0.15) is 31.4 Å². The van der Waals surface area contributed by atoms with E-state index >= 15 is 0 Å². The van der Waals surface area contributed by atoms with Crippen molar-refractivity contribution in [2.45, 2.75) is 25.8 Å². The van der Waals surface area contributed by atoms with Crippen LogP contribution in [0.25, 0.3) is 0 Å². The minimum absolute atomic E-state index is 0.108. The Kier molecular flexibility index (Phi) is 5.25. The quantitative estimate of drug-likeness (QED) is 0.779. The van der Waals surface area contributed by atoms with Crippen molar-refractivity contribution in [3.63, 3.8) is 0 Å². The molecule has 0 radical (unpaired) electrons. The Balaban J connectivity index is 2.00. The van der Waals surface area contributed by atoms with Crippen molar-refractivity contribution in [2.24, 2.45) is 17.6 Å². The number of methoxy groups -OCH3 is 1. The van der Waals surface area contributed by atoms with Crippen LogP contribution >= 0.6 is 15.9 Å². The molecule has 0 saturated heterocycles. The third kappa shape index (κ3) is 3.94. The molecule has 0 amide bonds. The molecule has 1 aliphatic carbocycles. The normalized spacial score (nSPS) is 18.1. The monoisotopic (exact) mass is 327 g/mol. The average molecular weight is 328 g/mol. The molecule has 0 bridgehead atoms. The fourth-order valence-electron chi connectivity index (χ4n) is 2.30. The fraction of sp³-hybridized carbons (Fsp3) is 0.600. The highest BCUT2D eigenvalue weighted by Gasteiger charge is 2.32. The maximum atomic E-state index is 6.34. The van der Waals surface area contributed by atoms with Gasteiger partial charge in [-0.1, -0.05) is 13.0 Å². The van der Waals surface area contributed by atoms with E-state index < -0.39 is 0 Å². The van der Waals surface area contributed by atoms with Gasteiger partial charge >= 0.3 is 0 Å². The van der Waals surface area contributed by atoms with E-state index in [9.17, 15) is 0 Å². The van der Waals surface area contributed by atoms with Crippen LogP contribution < -0.4 is 10.5 Å². The van der Waals surface area contributed by atoms with Crippen molar-refractivity contribution in [1.29, 1.82) is 0 Å². The van der Waals surface area contributed by atoms with Crippen LogP contribution in [0.2, 0.25) is 0 Å². The third-order valence-electron chi connectivity index (χ3n) is 3.82. The summed E-state index contributed by atoms with van der Waals surface area (Å²) in [5, 5.41) is 0. The first-order chi connectivity index (χ1) is 9.13. The van der Waals surface area contributed by atoms with E-state index in [1.807, 2.05) is 6.07 Å². The Hall–Kier alpha value is -0.580. The molecule has 1 aromatic carbocycles. The van der Waals surface area contributed by atoms with Crippen LogP contribution in [0.15, 0.2) is 22.7 Å². The first kappa shape index (κ1) is 14.8. The highest BCUT2D eigenvalue weighted by atomic mass is 79.9. The maximum Gasteiger partial charge on any atom is 0.133 e. The lowest BCUT2D eigenvalue weighted by atomic mass is 9.91. The van der Waals surface area contributed by atoms with Crippen LogP contribution in [0.3, 0.4) is 0 Å². The van der Waals surface area contributed by atoms with E-state index in [1.165, 1.54) is 18.4 Å². The number of ether oxygens (including phenoxy) is 2. The molecule has 1 fully saturated rings. The van der Waals surface area contributed by atoms with E-state index in [4.69, 9.17) is 15.2 Å². The molecule has 3 nitrogen and oxygen atoms in total. The Morgan fingerprint density at radius 1 is 1.37 bits per heavy atom. The molecule has 0 spiro atoms. The van der Waals surface area contributed by atoms with E-state index in [0.717, 1.165) is 16.1 Å². The molecule has 2 rings (SSSR count). The molecule has 2 unspecified atom stereocenters. The van der Waals surface area contributed by atoms with E-state index in [1.54, 1.807) is 7.11 Å². The number of halogens is 1. The highest BCUT2D eigenvalue weighted by Crippen LogP contribution is 2.42. The summed E-state index contributed by atoms with van der Waals surface area (Å²) >= 11 is 3.55. The zero-order chi connectivity index (χ0) is 13.8. The molecule has 0 heterocycles. The van der Waals surface area contributed by atoms with Gasteiger partial charge in [-0.3, -0.25) is 0 Å². The van der Waals surface area contributed by atoms with Crippen LogP contribution in [0.5, 0.6) is 5.75 Å². The zero-order valence-corrected chi connectivity index (χ0v) is 13.2. The number of hydrogen-bond donors (Lipinski definition) is 1. The summed E-state index contributed by atoms with van der Waals surface area (Å²) in [4.78, 5) is 0. The summed E-state index contributed by atoms with van der Waals surface area (Å²) in [7, 11) is 1.67. The Labute approximate surface area is 123 Å². The molecule has 1 aromatic rings. The van der Waals surface area contributed by atoms with Crippen molar-refractivity contribution in [3.05, 3.63) is 28.2 Å². The standard InChI is InChI=1S/C15H22BrNO2/c1-10(11-3-4-11)15(17)12-5-6-14(13(16)9-12)19-8-7-18-2/h5-6,9-11,15H,3-4,7-8,17H2,1-2H3. The summed E-state index contributed by atoms with van der Waals surface area (Å²) in [6.45, 7) is 3.39. The molecule has 4 heteroatoms. The molecule has 2 N–H and O–H groups in total. The van der Waals surface area contributed by atoms with Gasteiger partial charge in [-0.25, -0.2) is 0 Å². The Morgan fingerprint density at radius 2 is 2.11 bits per heavy atom. The first-order valence-electron chi connectivity index (χ1n) is 6.80. The highest BCUT2D eigenvalue weighted by molar-refractivity contribution is 9.10. The Morgan fingerprint density at radius 3 is 2.68 bits per heavy atom. The number of rotatable bonds is 7. The van der Waals surface area contributed by atoms with Crippen molar-refractivity contribution in [2.75, 3.05) is 20.3 Å². The summed E-state index contributed by atoms with van der Waals surface area (Å²) in [5.41, 5.74) is 7.51. The van der Waals surface area contributed by atoms with Crippen LogP contribution in [0.4, 0.5) is 0 Å². The van der Waals surface area contributed by atoms with Gasteiger partial charge in [-0.05, 0) is 58.3 Å². The molecular weight excluding hydrogens is 306 g/mol. The van der Waals surface area contributed by atoms with Gasteiger partial charge in [0.1, 0.15) is 12.4 Å². The van der Waals surface area contributed by atoms with Gasteiger partial charge in [0.25, 0.3) is 0 Å². The third-order valence-corrected chi connectivity index (χ3v) is 4.44. The summed E-state index contributed by atoms with van der Waals surface area (Å²) in [6.07, 6.45) is 2.66. The van der Waals surface area contributed by atoms with Gasteiger partial charge in [-0.2, -0.15) is 0 Å². The minimum Gasteiger partial charge on any atom is -0.490 e. The predicted molar refractivity (Wildman–Crippen MR) is 80.3 cm³/mol. The lowest BCUT2D eigenvalue weighted by molar-refractivity contribution is 0.146. The van der Waals surface area contributed by atoms with E-state index in [-0.39, 0.29) is 6.04 Å². The first-order valence-corrected chi connectivity index (χ1v) is 7.59. The molecule has 1 saturated carbocycles. The molecule has 0 aromatic heterocycles. The van der Waals surface area contributed by atoms with E-state index in [0.29, 0.717) is 19.1 Å². The van der Waals surface area contributed by atoms with E-state index in [2.05, 4.69) is 35.0 Å². The molecule has 1 aliphatic rings. The van der Waals surface area contributed by atoms with Gasteiger partial charge < -0.3 is 15.2 Å². The van der Waals surface area contributed by atoms with Crippen molar-refractivity contribution in [3.8, 4) is 5.75 Å². The van der Waals surface area contributed by atoms with Crippen molar-refractivity contribution in [1.82, 2.24) is 0 Å². The summed E-state index contributed by atoms with van der Waals surface area (Å²) < 4.78 is 11.5. The molecule has 0 aliphatic heterocycles. The number of nitrogens with two attached hydrogens (primary N) is 1. The van der Waals surface area contributed by atoms with Gasteiger partial charge in [0.15, 0.2) is 0 Å². The summed E-state index contributed by atoms with van der Waals surface area (Å²) in [5.74, 6) is 2.20. The number of hydrogen-bond acceptors (Lipinski definition) is 3.